The zero-order valence-corrected chi connectivity index (χ0v) is 9.44. The van der Waals surface area contributed by atoms with E-state index in [0.717, 1.165) is 19.0 Å². The summed E-state index contributed by atoms with van der Waals surface area (Å²) in [5.74, 6) is 1.49. The smallest absolute Gasteiger partial charge is 0.214 e. The van der Waals surface area contributed by atoms with Gasteiger partial charge in [-0.25, -0.2) is 4.98 Å². The normalized spacial score (nSPS) is 21.5. The van der Waals surface area contributed by atoms with Crippen molar-refractivity contribution in [2.45, 2.75) is 19.8 Å². The van der Waals surface area contributed by atoms with Crippen molar-refractivity contribution in [1.29, 1.82) is 0 Å². The van der Waals surface area contributed by atoms with Crippen LogP contribution in [0.4, 0.5) is 5.69 Å². The van der Waals surface area contributed by atoms with Gasteiger partial charge in [-0.2, -0.15) is 0 Å². The molecule has 3 nitrogen and oxygen atoms in total. The molecule has 0 aliphatic carbocycles. The number of ether oxygens (including phenoxy) is 1. The van der Waals surface area contributed by atoms with E-state index in [1.165, 1.54) is 18.5 Å². The van der Waals surface area contributed by atoms with Crippen LogP contribution in [-0.4, -0.2) is 25.2 Å². The molecule has 2 rings (SSSR count). The van der Waals surface area contributed by atoms with Gasteiger partial charge in [-0.15, -0.1) is 0 Å². The Kier molecular flexibility index (Phi) is 3.09. The van der Waals surface area contributed by atoms with E-state index in [0.29, 0.717) is 5.88 Å². The fraction of sp³-hybridized carbons (Fsp3) is 0.583. The highest BCUT2D eigenvalue weighted by atomic mass is 16.5. The van der Waals surface area contributed by atoms with Gasteiger partial charge in [-0.3, -0.25) is 0 Å². The molecule has 3 heteroatoms. The molecule has 1 aromatic heterocycles. The Hall–Kier alpha value is -1.25. The van der Waals surface area contributed by atoms with Crippen LogP contribution in [0, 0.1) is 5.92 Å². The second-order valence-electron chi connectivity index (χ2n) is 4.25. The van der Waals surface area contributed by atoms with Crippen LogP contribution in [0.3, 0.4) is 0 Å². The van der Waals surface area contributed by atoms with Gasteiger partial charge in [-0.05, 0) is 24.8 Å². The SMILES string of the molecule is COc1cc(N2CCCC(C)C2)ccn1. The number of anilines is 1. The summed E-state index contributed by atoms with van der Waals surface area (Å²) in [7, 11) is 1.66. The quantitative estimate of drug-likeness (QED) is 0.742. The molecule has 2 heterocycles. The maximum Gasteiger partial charge on any atom is 0.214 e. The minimum atomic E-state index is 0.700. The van der Waals surface area contributed by atoms with Crippen molar-refractivity contribution in [3.05, 3.63) is 18.3 Å². The zero-order chi connectivity index (χ0) is 10.7. The molecule has 15 heavy (non-hydrogen) atoms. The molecule has 1 fully saturated rings. The molecule has 0 saturated carbocycles. The first-order valence-electron chi connectivity index (χ1n) is 5.54. The molecular formula is C12H18N2O. The lowest BCUT2D eigenvalue weighted by Gasteiger charge is -2.32. The number of pyridine rings is 1. The Labute approximate surface area is 91.1 Å². The molecule has 1 aliphatic heterocycles. The van der Waals surface area contributed by atoms with Crippen LogP contribution in [0.5, 0.6) is 5.88 Å². The van der Waals surface area contributed by atoms with E-state index in [1.54, 1.807) is 7.11 Å². The second kappa shape index (κ2) is 4.51. The zero-order valence-electron chi connectivity index (χ0n) is 9.44. The van der Waals surface area contributed by atoms with E-state index in [4.69, 9.17) is 4.74 Å². The lowest BCUT2D eigenvalue weighted by atomic mass is 10.00. The molecule has 0 spiro atoms. The summed E-state index contributed by atoms with van der Waals surface area (Å²) in [6.07, 6.45) is 4.44. The van der Waals surface area contributed by atoms with E-state index in [1.807, 2.05) is 12.3 Å². The molecule has 0 N–H and O–H groups in total. The summed E-state index contributed by atoms with van der Waals surface area (Å²) in [4.78, 5) is 6.54. The molecule has 1 saturated heterocycles. The number of piperidine rings is 1. The highest BCUT2D eigenvalue weighted by molar-refractivity contribution is 5.48. The summed E-state index contributed by atoms with van der Waals surface area (Å²) < 4.78 is 5.13. The topological polar surface area (TPSA) is 25.4 Å². The first-order valence-corrected chi connectivity index (χ1v) is 5.54. The van der Waals surface area contributed by atoms with Crippen molar-refractivity contribution in [2.24, 2.45) is 5.92 Å². The average Bonchev–Trinajstić information content (AvgIpc) is 2.29. The van der Waals surface area contributed by atoms with Crippen molar-refractivity contribution < 1.29 is 4.74 Å². The average molecular weight is 206 g/mol. The molecule has 0 aromatic carbocycles. The summed E-state index contributed by atoms with van der Waals surface area (Å²) >= 11 is 0. The summed E-state index contributed by atoms with van der Waals surface area (Å²) in [5, 5.41) is 0. The maximum absolute atomic E-state index is 5.13. The van der Waals surface area contributed by atoms with Gasteiger partial charge in [-0.1, -0.05) is 6.92 Å². The molecule has 1 unspecified atom stereocenters. The lowest BCUT2D eigenvalue weighted by molar-refractivity contribution is 0.397. The number of hydrogen-bond acceptors (Lipinski definition) is 3. The van der Waals surface area contributed by atoms with Gasteiger partial charge in [0.15, 0.2) is 0 Å². The lowest BCUT2D eigenvalue weighted by Crippen LogP contribution is -2.34. The van der Waals surface area contributed by atoms with Gasteiger partial charge in [0.2, 0.25) is 5.88 Å². The minimum absolute atomic E-state index is 0.700. The van der Waals surface area contributed by atoms with Crippen molar-refractivity contribution >= 4 is 5.69 Å². The van der Waals surface area contributed by atoms with Gasteiger partial charge in [0.25, 0.3) is 0 Å². The second-order valence-corrected chi connectivity index (χ2v) is 4.25. The molecule has 1 atom stereocenters. The summed E-state index contributed by atoms with van der Waals surface area (Å²) in [6.45, 7) is 4.61. The highest BCUT2D eigenvalue weighted by Gasteiger charge is 2.16. The number of rotatable bonds is 2. The molecule has 82 valence electrons. The van der Waals surface area contributed by atoms with Crippen molar-refractivity contribution in [1.82, 2.24) is 4.98 Å². The van der Waals surface area contributed by atoms with E-state index >= 15 is 0 Å². The van der Waals surface area contributed by atoms with Crippen LogP contribution in [-0.2, 0) is 0 Å². The van der Waals surface area contributed by atoms with Crippen LogP contribution in [0.15, 0.2) is 18.3 Å². The molecular weight excluding hydrogens is 188 g/mol. The van der Waals surface area contributed by atoms with Gasteiger partial charge in [0.1, 0.15) is 0 Å². The third kappa shape index (κ3) is 2.41. The van der Waals surface area contributed by atoms with E-state index < -0.39 is 0 Å². The van der Waals surface area contributed by atoms with Crippen LogP contribution < -0.4 is 9.64 Å². The Balaban J connectivity index is 2.13. The van der Waals surface area contributed by atoms with Gasteiger partial charge in [0.05, 0.1) is 7.11 Å². The van der Waals surface area contributed by atoms with Crippen LogP contribution >= 0.6 is 0 Å². The summed E-state index contributed by atoms with van der Waals surface area (Å²) in [5.41, 5.74) is 1.23. The molecule has 1 aliphatic rings. The molecule has 0 radical (unpaired) electrons. The number of nitrogens with zero attached hydrogens (tertiary/aromatic N) is 2. The standard InChI is InChI=1S/C12H18N2O/c1-10-4-3-7-14(9-10)11-5-6-13-12(8-11)15-2/h5-6,8,10H,3-4,7,9H2,1-2H3. The van der Waals surface area contributed by atoms with E-state index in [9.17, 15) is 0 Å². The molecule has 1 aromatic rings. The molecule has 0 bridgehead atoms. The van der Waals surface area contributed by atoms with Crippen molar-refractivity contribution in [3.8, 4) is 5.88 Å². The Morgan fingerprint density at radius 1 is 1.53 bits per heavy atom. The van der Waals surface area contributed by atoms with E-state index in [-0.39, 0.29) is 0 Å². The Morgan fingerprint density at radius 3 is 3.13 bits per heavy atom. The summed E-state index contributed by atoms with van der Waals surface area (Å²) in [6, 6.07) is 4.07. The van der Waals surface area contributed by atoms with E-state index in [2.05, 4.69) is 22.9 Å². The number of aromatic nitrogens is 1. The fourth-order valence-corrected chi connectivity index (χ4v) is 2.13. The highest BCUT2D eigenvalue weighted by Crippen LogP contribution is 2.24. The van der Waals surface area contributed by atoms with Crippen LogP contribution in [0.25, 0.3) is 0 Å². The Bertz CT molecular complexity index is 327. The predicted molar refractivity (Wildman–Crippen MR) is 61.4 cm³/mol. The first-order chi connectivity index (χ1) is 7.29. The first kappa shape index (κ1) is 10.3. The predicted octanol–water partition coefficient (Wildman–Crippen LogP) is 2.33. The van der Waals surface area contributed by atoms with Gasteiger partial charge >= 0.3 is 0 Å². The van der Waals surface area contributed by atoms with Gasteiger partial charge < -0.3 is 9.64 Å². The fourth-order valence-electron chi connectivity index (χ4n) is 2.13. The van der Waals surface area contributed by atoms with Crippen LogP contribution in [0.1, 0.15) is 19.8 Å². The third-order valence-electron chi connectivity index (χ3n) is 2.95. The van der Waals surface area contributed by atoms with Crippen molar-refractivity contribution in [3.63, 3.8) is 0 Å². The Morgan fingerprint density at radius 2 is 2.40 bits per heavy atom. The monoisotopic (exact) mass is 206 g/mol. The number of hydrogen-bond donors (Lipinski definition) is 0. The minimum Gasteiger partial charge on any atom is -0.481 e. The largest absolute Gasteiger partial charge is 0.481 e. The van der Waals surface area contributed by atoms with Crippen molar-refractivity contribution in [2.75, 3.05) is 25.1 Å². The van der Waals surface area contributed by atoms with Crippen LogP contribution in [0.2, 0.25) is 0 Å². The molecule has 0 amide bonds. The maximum atomic E-state index is 5.13. The third-order valence-corrected chi connectivity index (χ3v) is 2.95. The van der Waals surface area contributed by atoms with Gasteiger partial charge in [0, 0.05) is 31.0 Å². The number of methoxy groups -OCH3 is 1.